The van der Waals surface area contributed by atoms with Crippen LogP contribution in [0.4, 0.5) is 17.6 Å². The van der Waals surface area contributed by atoms with E-state index in [0.717, 1.165) is 37.7 Å². The van der Waals surface area contributed by atoms with E-state index in [-0.39, 0.29) is 18.2 Å². The number of ether oxygens (including phenoxy) is 1. The van der Waals surface area contributed by atoms with Crippen molar-refractivity contribution in [2.45, 2.75) is 57.9 Å². The Kier molecular flexibility index (Phi) is 11.9. The third-order valence-electron chi connectivity index (χ3n) is 4.98. The maximum absolute atomic E-state index is 12.9. The van der Waals surface area contributed by atoms with Crippen molar-refractivity contribution in [2.75, 3.05) is 13.2 Å². The Hall–Kier alpha value is -1.93. The van der Waals surface area contributed by atoms with E-state index in [1.807, 2.05) is 0 Å². The van der Waals surface area contributed by atoms with Crippen molar-refractivity contribution in [3.63, 3.8) is 0 Å². The molecule has 0 aliphatic rings. The van der Waals surface area contributed by atoms with Gasteiger partial charge in [-0.25, -0.2) is 4.39 Å². The standard InChI is InChI=1S/C23H30F4NO4P/c24-21-12-9-18(10-13-21)6-3-1-2-4-7-20-11-8-19(16-22(20)32-23(25,26)27)17-28-14-5-15-31-33(29)30/h8-13,16,28,33H,1-7,14-15,17H2,(H,29,30). The van der Waals surface area contributed by atoms with Gasteiger partial charge in [0.15, 0.2) is 0 Å². The monoisotopic (exact) mass is 491 g/mol. The first kappa shape index (κ1) is 27.3. The fraction of sp³-hybridized carbons (Fsp3) is 0.478. The number of alkyl halides is 3. The van der Waals surface area contributed by atoms with Crippen LogP contribution in [0.2, 0.25) is 0 Å². The lowest BCUT2D eigenvalue weighted by molar-refractivity contribution is -0.274. The quantitative estimate of drug-likeness (QED) is 0.183. The van der Waals surface area contributed by atoms with Crippen LogP contribution < -0.4 is 10.1 Å². The molecule has 0 aliphatic carbocycles. The predicted molar refractivity (Wildman–Crippen MR) is 119 cm³/mol. The highest BCUT2D eigenvalue weighted by Gasteiger charge is 2.32. The summed E-state index contributed by atoms with van der Waals surface area (Å²) in [5.41, 5.74) is 2.23. The van der Waals surface area contributed by atoms with Crippen molar-refractivity contribution < 1.29 is 36.3 Å². The van der Waals surface area contributed by atoms with E-state index in [1.165, 1.54) is 18.2 Å². The summed E-state index contributed by atoms with van der Waals surface area (Å²) in [7, 11) is -2.94. The van der Waals surface area contributed by atoms with Gasteiger partial charge >= 0.3 is 14.6 Å². The molecule has 1 unspecified atom stereocenters. The van der Waals surface area contributed by atoms with Gasteiger partial charge < -0.3 is 19.5 Å². The zero-order valence-electron chi connectivity index (χ0n) is 18.3. The number of nitrogens with one attached hydrogen (secondary N) is 1. The first-order valence-corrected chi connectivity index (χ1v) is 12.2. The third kappa shape index (κ3) is 12.2. The molecule has 2 aromatic rings. The second-order valence-corrected chi connectivity index (χ2v) is 8.50. The van der Waals surface area contributed by atoms with Gasteiger partial charge in [-0.3, -0.25) is 4.57 Å². The summed E-state index contributed by atoms with van der Waals surface area (Å²) in [6.45, 7) is 0.961. The summed E-state index contributed by atoms with van der Waals surface area (Å²) in [5, 5.41) is 3.06. The molecule has 2 N–H and O–H groups in total. The largest absolute Gasteiger partial charge is 0.573 e. The van der Waals surface area contributed by atoms with Crippen molar-refractivity contribution in [1.82, 2.24) is 5.32 Å². The summed E-state index contributed by atoms with van der Waals surface area (Å²) in [4.78, 5) is 8.58. The maximum Gasteiger partial charge on any atom is 0.573 e. The van der Waals surface area contributed by atoms with Crippen LogP contribution in [0.5, 0.6) is 5.75 Å². The average molecular weight is 491 g/mol. The molecule has 33 heavy (non-hydrogen) atoms. The second kappa shape index (κ2) is 14.4. The normalized spacial score (nSPS) is 12.6. The van der Waals surface area contributed by atoms with E-state index in [1.54, 1.807) is 24.3 Å². The van der Waals surface area contributed by atoms with E-state index >= 15 is 0 Å². The van der Waals surface area contributed by atoms with Gasteiger partial charge in [0, 0.05) is 6.54 Å². The summed E-state index contributed by atoms with van der Waals surface area (Å²) in [6.07, 6.45) is 0.536. The van der Waals surface area contributed by atoms with E-state index < -0.39 is 14.6 Å². The molecule has 2 rings (SSSR count). The maximum atomic E-state index is 12.9. The van der Waals surface area contributed by atoms with Crippen LogP contribution in [-0.4, -0.2) is 24.4 Å². The van der Waals surface area contributed by atoms with E-state index in [9.17, 15) is 22.1 Å². The number of hydrogen-bond acceptors (Lipinski definition) is 4. The minimum absolute atomic E-state index is 0.132. The number of aryl methyl sites for hydroxylation is 2. The Morgan fingerprint density at radius 1 is 0.909 bits per heavy atom. The minimum atomic E-state index is -4.77. The molecule has 0 heterocycles. The lowest BCUT2D eigenvalue weighted by Gasteiger charge is -2.15. The van der Waals surface area contributed by atoms with E-state index in [2.05, 4.69) is 14.6 Å². The van der Waals surface area contributed by atoms with Gasteiger partial charge in [-0.15, -0.1) is 13.2 Å². The molecule has 0 bridgehead atoms. The minimum Gasteiger partial charge on any atom is -0.405 e. The molecule has 10 heteroatoms. The first-order valence-electron chi connectivity index (χ1n) is 10.9. The van der Waals surface area contributed by atoms with Crippen LogP contribution in [0.1, 0.15) is 48.8 Å². The number of halogens is 4. The molecular weight excluding hydrogens is 461 g/mol. The fourth-order valence-electron chi connectivity index (χ4n) is 3.37. The SMILES string of the molecule is O=[PH](O)OCCCNCc1ccc(CCCCCCc2ccc(F)cc2)c(OC(F)(F)F)c1. The van der Waals surface area contributed by atoms with Crippen LogP contribution in [0.3, 0.4) is 0 Å². The Morgan fingerprint density at radius 3 is 2.24 bits per heavy atom. The fourth-order valence-corrected chi connectivity index (χ4v) is 3.69. The van der Waals surface area contributed by atoms with Gasteiger partial charge in [0.1, 0.15) is 11.6 Å². The molecule has 1 atom stereocenters. The van der Waals surface area contributed by atoms with Crippen LogP contribution in [0.25, 0.3) is 0 Å². The van der Waals surface area contributed by atoms with Crippen molar-refractivity contribution in [2.24, 2.45) is 0 Å². The van der Waals surface area contributed by atoms with Crippen molar-refractivity contribution in [3.8, 4) is 5.75 Å². The Labute approximate surface area is 192 Å². The van der Waals surface area contributed by atoms with Crippen LogP contribution in [0.15, 0.2) is 42.5 Å². The molecule has 0 fully saturated rings. The van der Waals surface area contributed by atoms with Gasteiger partial charge in [0.25, 0.3) is 0 Å². The highest BCUT2D eigenvalue weighted by molar-refractivity contribution is 7.32. The molecule has 5 nitrogen and oxygen atoms in total. The zero-order valence-corrected chi connectivity index (χ0v) is 19.3. The van der Waals surface area contributed by atoms with Crippen molar-refractivity contribution in [3.05, 3.63) is 65.0 Å². The molecule has 0 radical (unpaired) electrons. The third-order valence-corrected chi connectivity index (χ3v) is 5.44. The van der Waals surface area contributed by atoms with Gasteiger partial charge in [-0.1, -0.05) is 37.1 Å². The van der Waals surface area contributed by atoms with Crippen molar-refractivity contribution >= 4 is 8.25 Å². The topological polar surface area (TPSA) is 67.8 Å². The summed E-state index contributed by atoms with van der Waals surface area (Å²) < 4.78 is 70.8. The highest BCUT2D eigenvalue weighted by Crippen LogP contribution is 2.29. The molecule has 184 valence electrons. The highest BCUT2D eigenvalue weighted by atomic mass is 31.1. The van der Waals surface area contributed by atoms with Crippen LogP contribution in [0, 0.1) is 5.82 Å². The van der Waals surface area contributed by atoms with Crippen molar-refractivity contribution in [1.29, 1.82) is 0 Å². The van der Waals surface area contributed by atoms with Crippen LogP contribution >= 0.6 is 8.25 Å². The van der Waals surface area contributed by atoms with Gasteiger partial charge in [-0.2, -0.15) is 0 Å². The molecule has 0 aromatic heterocycles. The van der Waals surface area contributed by atoms with Gasteiger partial charge in [0.2, 0.25) is 0 Å². The van der Waals surface area contributed by atoms with E-state index in [0.29, 0.717) is 37.1 Å². The molecule has 2 aromatic carbocycles. The molecule has 0 saturated carbocycles. The second-order valence-electron chi connectivity index (χ2n) is 7.68. The number of hydrogen-bond donors (Lipinski definition) is 2. The first-order chi connectivity index (χ1) is 15.7. The van der Waals surface area contributed by atoms with E-state index in [4.69, 9.17) is 4.89 Å². The van der Waals surface area contributed by atoms with Gasteiger partial charge in [-0.05, 0) is 73.5 Å². The van der Waals surface area contributed by atoms with Gasteiger partial charge in [0.05, 0.1) is 6.61 Å². The Bertz CT molecular complexity index is 863. The number of benzene rings is 2. The zero-order chi connectivity index (χ0) is 24.1. The Balaban J connectivity index is 1.78. The summed E-state index contributed by atoms with van der Waals surface area (Å²) >= 11 is 0. The smallest absolute Gasteiger partial charge is 0.405 e. The Morgan fingerprint density at radius 2 is 1.58 bits per heavy atom. The molecule has 0 amide bonds. The summed E-state index contributed by atoms with van der Waals surface area (Å²) in [6, 6.07) is 11.2. The summed E-state index contributed by atoms with van der Waals surface area (Å²) in [5.74, 6) is -0.445. The number of rotatable bonds is 15. The van der Waals surface area contributed by atoms with Crippen LogP contribution in [-0.2, 0) is 28.5 Å². The molecule has 0 saturated heterocycles. The molecule has 0 spiro atoms. The molecular formula is C23H30F4NO4P. The molecule has 0 aliphatic heterocycles. The number of unbranched alkanes of at least 4 members (excludes halogenated alkanes) is 3. The average Bonchev–Trinajstić information content (AvgIpc) is 2.74. The predicted octanol–water partition coefficient (Wildman–Crippen LogP) is 5.95. The lowest BCUT2D eigenvalue weighted by atomic mass is 10.0. The lowest BCUT2D eigenvalue weighted by Crippen LogP contribution is -2.19.